The minimum atomic E-state index is -0.988. The predicted octanol–water partition coefficient (Wildman–Crippen LogP) is -1.58. The molecule has 15 heavy (non-hydrogen) atoms. The lowest BCUT2D eigenvalue weighted by Gasteiger charge is -2.29. The van der Waals surface area contributed by atoms with E-state index in [-0.39, 0.29) is 5.78 Å². The monoisotopic (exact) mass is 217 g/mol. The van der Waals surface area contributed by atoms with Gasteiger partial charge in [0.05, 0.1) is 12.1 Å². The lowest BCUT2D eigenvalue weighted by molar-refractivity contribution is -0.140. The van der Waals surface area contributed by atoms with Crippen LogP contribution in [0.1, 0.15) is 6.92 Å². The second kappa shape index (κ2) is 6.49. The van der Waals surface area contributed by atoms with Crippen LogP contribution in [0.25, 0.3) is 0 Å². The van der Waals surface area contributed by atoms with Gasteiger partial charge >= 0.3 is 5.97 Å². The Labute approximate surface area is 89.4 Å². The lowest BCUT2D eigenvalue weighted by atomic mass is 9.97. The van der Waals surface area contributed by atoms with E-state index in [2.05, 4.69) is 16.0 Å². The fourth-order valence-corrected chi connectivity index (χ4v) is 1.62. The molecule has 0 saturated carbocycles. The summed E-state index contributed by atoms with van der Waals surface area (Å²) in [4.78, 5) is 22.2. The van der Waals surface area contributed by atoms with Gasteiger partial charge in [-0.15, -0.1) is 0 Å². The molecule has 0 radical (unpaired) electrons. The van der Waals surface area contributed by atoms with Crippen molar-refractivity contribution < 1.29 is 14.7 Å². The summed E-state index contributed by atoms with van der Waals surface area (Å²) in [6.45, 7) is 1.43. The molecule has 6 heteroatoms. The molecule has 4 N–H and O–H groups in total. The van der Waals surface area contributed by atoms with Crippen LogP contribution < -0.4 is 16.0 Å². The van der Waals surface area contributed by atoms with Crippen LogP contribution in [-0.4, -0.2) is 56.1 Å². The molecule has 3 unspecified atom stereocenters. The summed E-state index contributed by atoms with van der Waals surface area (Å²) >= 11 is 0. The highest BCUT2D eigenvalue weighted by molar-refractivity contribution is 5.84. The van der Waals surface area contributed by atoms with Crippen molar-refractivity contribution in [3.63, 3.8) is 0 Å². The number of hydrogen-bond acceptors (Lipinski definition) is 5. The number of carboxylic acids is 1. The normalized spacial score (nSPS) is 16.8. The highest BCUT2D eigenvalue weighted by Crippen LogP contribution is 2.01. The van der Waals surface area contributed by atoms with Crippen LogP contribution in [0.4, 0.5) is 0 Å². The molecule has 0 aliphatic heterocycles. The molecule has 3 atom stereocenters. The number of likely N-dealkylation sites (N-methyl/N-ethyl adjacent to an activating group) is 3. The van der Waals surface area contributed by atoms with Gasteiger partial charge in [0.15, 0.2) is 0 Å². The smallest absolute Gasteiger partial charge is 0.322 e. The SMILES string of the molecule is CNC(C(C)=O)C(NC)C(NC)C(=O)O. The van der Waals surface area contributed by atoms with E-state index < -0.39 is 24.1 Å². The third kappa shape index (κ3) is 3.58. The van der Waals surface area contributed by atoms with Gasteiger partial charge in [0.2, 0.25) is 0 Å². The number of rotatable bonds is 7. The van der Waals surface area contributed by atoms with E-state index in [9.17, 15) is 9.59 Å². The zero-order chi connectivity index (χ0) is 12.0. The molecule has 0 amide bonds. The van der Waals surface area contributed by atoms with Crippen molar-refractivity contribution in [2.75, 3.05) is 21.1 Å². The van der Waals surface area contributed by atoms with Gasteiger partial charge in [0.1, 0.15) is 11.8 Å². The fourth-order valence-electron chi connectivity index (χ4n) is 1.62. The van der Waals surface area contributed by atoms with Crippen molar-refractivity contribution in [2.45, 2.75) is 25.0 Å². The van der Waals surface area contributed by atoms with E-state index in [1.807, 2.05) is 0 Å². The summed E-state index contributed by atoms with van der Waals surface area (Å²) in [6.07, 6.45) is 0. The number of hydrogen-bond donors (Lipinski definition) is 4. The first-order valence-electron chi connectivity index (χ1n) is 4.74. The molecule has 6 nitrogen and oxygen atoms in total. The molecule has 88 valence electrons. The maximum absolute atomic E-state index is 11.3. The molecule has 0 aromatic carbocycles. The molecule has 0 heterocycles. The Morgan fingerprint density at radius 1 is 1.00 bits per heavy atom. The van der Waals surface area contributed by atoms with E-state index >= 15 is 0 Å². The second-order valence-corrected chi connectivity index (χ2v) is 3.30. The van der Waals surface area contributed by atoms with Crippen LogP contribution in [0.5, 0.6) is 0 Å². The Morgan fingerprint density at radius 3 is 1.67 bits per heavy atom. The van der Waals surface area contributed by atoms with Gasteiger partial charge < -0.3 is 21.1 Å². The number of Topliss-reactive ketones (excluding diaryl/α,β-unsaturated/α-hetero) is 1. The van der Waals surface area contributed by atoms with Gasteiger partial charge in [-0.2, -0.15) is 0 Å². The number of carbonyl (C=O) groups excluding carboxylic acids is 1. The molecule has 0 aliphatic rings. The second-order valence-electron chi connectivity index (χ2n) is 3.30. The summed E-state index contributed by atoms with van der Waals surface area (Å²) < 4.78 is 0. The Kier molecular flexibility index (Phi) is 6.07. The summed E-state index contributed by atoms with van der Waals surface area (Å²) in [7, 11) is 4.81. The number of carboxylic acid groups (broad SMARTS) is 1. The minimum Gasteiger partial charge on any atom is -0.480 e. The third-order valence-electron chi connectivity index (χ3n) is 2.38. The van der Waals surface area contributed by atoms with Gasteiger partial charge in [0.25, 0.3) is 0 Å². The molecule has 0 aliphatic carbocycles. The molecule has 0 aromatic rings. The summed E-state index contributed by atoms with van der Waals surface area (Å²) in [6, 6.07) is -1.82. The summed E-state index contributed by atoms with van der Waals surface area (Å²) in [5.41, 5.74) is 0. The van der Waals surface area contributed by atoms with Crippen molar-refractivity contribution in [1.82, 2.24) is 16.0 Å². The maximum Gasteiger partial charge on any atom is 0.322 e. The number of nitrogens with one attached hydrogen (secondary N) is 3. The third-order valence-corrected chi connectivity index (χ3v) is 2.38. The van der Waals surface area contributed by atoms with Crippen LogP contribution in [0, 0.1) is 0 Å². The largest absolute Gasteiger partial charge is 0.480 e. The van der Waals surface area contributed by atoms with Crippen molar-refractivity contribution in [3.8, 4) is 0 Å². The Hall–Kier alpha value is -0.980. The van der Waals surface area contributed by atoms with Gasteiger partial charge in [-0.1, -0.05) is 0 Å². The average molecular weight is 217 g/mol. The highest BCUT2D eigenvalue weighted by atomic mass is 16.4. The zero-order valence-corrected chi connectivity index (χ0v) is 9.50. The maximum atomic E-state index is 11.3. The molecule has 0 bridgehead atoms. The molecular formula is C9H19N3O3. The van der Waals surface area contributed by atoms with Crippen molar-refractivity contribution in [2.24, 2.45) is 0 Å². The van der Waals surface area contributed by atoms with Crippen molar-refractivity contribution in [3.05, 3.63) is 0 Å². The van der Waals surface area contributed by atoms with Crippen LogP contribution >= 0.6 is 0 Å². The van der Waals surface area contributed by atoms with Crippen molar-refractivity contribution >= 4 is 11.8 Å². The highest BCUT2D eigenvalue weighted by Gasteiger charge is 2.33. The number of ketones is 1. The minimum absolute atomic E-state index is 0.0988. The van der Waals surface area contributed by atoms with Gasteiger partial charge in [-0.05, 0) is 28.1 Å². The first kappa shape index (κ1) is 14.0. The van der Waals surface area contributed by atoms with Crippen molar-refractivity contribution in [1.29, 1.82) is 0 Å². The molecule has 0 spiro atoms. The van der Waals surface area contributed by atoms with Gasteiger partial charge in [-0.3, -0.25) is 9.59 Å². The number of aliphatic carboxylic acids is 1. The summed E-state index contributed by atoms with van der Waals surface area (Å²) in [5, 5.41) is 17.3. The molecular weight excluding hydrogens is 198 g/mol. The Morgan fingerprint density at radius 2 is 1.47 bits per heavy atom. The van der Waals surface area contributed by atoms with Gasteiger partial charge in [0, 0.05) is 0 Å². The Balaban J connectivity index is 4.84. The number of carbonyl (C=O) groups is 2. The first-order chi connectivity index (χ1) is 6.99. The zero-order valence-electron chi connectivity index (χ0n) is 9.50. The van der Waals surface area contributed by atoms with E-state index in [0.717, 1.165) is 0 Å². The lowest BCUT2D eigenvalue weighted by Crippen LogP contribution is -2.61. The van der Waals surface area contributed by atoms with E-state index in [4.69, 9.17) is 5.11 Å². The fraction of sp³-hybridized carbons (Fsp3) is 0.778. The van der Waals surface area contributed by atoms with Crippen LogP contribution in [0.3, 0.4) is 0 Å². The van der Waals surface area contributed by atoms with Crippen LogP contribution in [-0.2, 0) is 9.59 Å². The van der Waals surface area contributed by atoms with E-state index in [1.54, 1.807) is 21.1 Å². The molecule has 0 aromatic heterocycles. The van der Waals surface area contributed by atoms with E-state index in [0.29, 0.717) is 0 Å². The molecule has 0 saturated heterocycles. The van der Waals surface area contributed by atoms with Gasteiger partial charge in [-0.25, -0.2) is 0 Å². The standard InChI is InChI=1S/C9H19N3O3/c1-5(13)6(10-2)7(11-3)8(12-4)9(14)15/h6-8,10-12H,1-4H3,(H,14,15). The average Bonchev–Trinajstić information content (AvgIpc) is 2.16. The molecule has 0 fully saturated rings. The van der Waals surface area contributed by atoms with Crippen LogP contribution in [0.2, 0.25) is 0 Å². The quantitative estimate of drug-likeness (QED) is 0.412. The predicted molar refractivity (Wildman–Crippen MR) is 56.9 cm³/mol. The first-order valence-corrected chi connectivity index (χ1v) is 4.74. The van der Waals surface area contributed by atoms with E-state index in [1.165, 1.54) is 6.92 Å². The van der Waals surface area contributed by atoms with Crippen LogP contribution in [0.15, 0.2) is 0 Å². The topological polar surface area (TPSA) is 90.5 Å². The molecule has 0 rings (SSSR count). The Bertz CT molecular complexity index is 211. The summed E-state index contributed by atoms with van der Waals surface area (Å²) in [5.74, 6) is -1.09.